The van der Waals surface area contributed by atoms with Crippen LogP contribution in [0.3, 0.4) is 0 Å². The minimum Gasteiger partial charge on any atom is -0.346 e. The van der Waals surface area contributed by atoms with Crippen LogP contribution in [0.15, 0.2) is 18.2 Å². The molecule has 1 atom stereocenters. The van der Waals surface area contributed by atoms with E-state index in [9.17, 15) is 9.59 Å². The number of benzene rings is 1. The molecule has 0 spiro atoms. The Labute approximate surface area is 136 Å². The van der Waals surface area contributed by atoms with Crippen molar-refractivity contribution in [3.05, 3.63) is 26.8 Å². The van der Waals surface area contributed by atoms with Crippen molar-refractivity contribution in [3.8, 4) is 0 Å². The van der Waals surface area contributed by atoms with Gasteiger partial charge in [-0.3, -0.25) is 9.59 Å². The van der Waals surface area contributed by atoms with Gasteiger partial charge in [0, 0.05) is 3.57 Å². The average molecular weight is 410 g/mol. The molecular formula is C13H17ClIN3O2. The van der Waals surface area contributed by atoms with Crippen molar-refractivity contribution in [2.24, 2.45) is 11.7 Å². The Morgan fingerprint density at radius 1 is 1.40 bits per heavy atom. The fourth-order valence-electron chi connectivity index (χ4n) is 1.37. The molecular weight excluding hydrogens is 393 g/mol. The lowest BCUT2D eigenvalue weighted by atomic mass is 10.1. The van der Waals surface area contributed by atoms with Gasteiger partial charge in [0.05, 0.1) is 23.3 Å². The highest BCUT2D eigenvalue weighted by Crippen LogP contribution is 2.23. The number of nitrogens with one attached hydrogen (secondary N) is 2. The first-order valence-electron chi connectivity index (χ1n) is 6.09. The van der Waals surface area contributed by atoms with Crippen molar-refractivity contribution in [2.45, 2.75) is 19.9 Å². The van der Waals surface area contributed by atoms with Crippen LogP contribution in [0.4, 0.5) is 5.69 Å². The number of carbonyl (C=O) groups is 2. The second-order valence-corrected chi connectivity index (χ2v) is 6.31. The van der Waals surface area contributed by atoms with Crippen LogP contribution in [0.25, 0.3) is 0 Å². The summed E-state index contributed by atoms with van der Waals surface area (Å²) in [4.78, 5) is 23.3. The molecule has 0 fully saturated rings. The average Bonchev–Trinajstić information content (AvgIpc) is 2.38. The lowest BCUT2D eigenvalue weighted by molar-refractivity contribution is -0.125. The van der Waals surface area contributed by atoms with Crippen molar-refractivity contribution >= 4 is 51.7 Å². The van der Waals surface area contributed by atoms with E-state index >= 15 is 0 Å². The molecule has 0 heterocycles. The molecule has 0 radical (unpaired) electrons. The molecule has 5 nitrogen and oxygen atoms in total. The number of nitrogens with two attached hydrogens (primary N) is 1. The summed E-state index contributed by atoms with van der Waals surface area (Å²) in [5.41, 5.74) is 6.19. The molecule has 1 aromatic rings. The van der Waals surface area contributed by atoms with E-state index < -0.39 is 6.04 Å². The number of halogens is 2. The van der Waals surface area contributed by atoms with Gasteiger partial charge in [0.2, 0.25) is 11.8 Å². The molecule has 0 bridgehead atoms. The zero-order chi connectivity index (χ0) is 15.3. The molecule has 0 aromatic heterocycles. The third-order valence-electron chi connectivity index (χ3n) is 2.65. The SMILES string of the molecule is CC(C)[C@H](N)C(=O)NCC(=O)Nc1ccc(I)cc1Cl. The van der Waals surface area contributed by atoms with Crippen LogP contribution in [0.5, 0.6) is 0 Å². The topological polar surface area (TPSA) is 84.2 Å². The minimum absolute atomic E-state index is 0.0173. The summed E-state index contributed by atoms with van der Waals surface area (Å²) < 4.78 is 0.974. The van der Waals surface area contributed by atoms with E-state index in [4.69, 9.17) is 17.3 Å². The van der Waals surface area contributed by atoms with Crippen LogP contribution in [-0.2, 0) is 9.59 Å². The summed E-state index contributed by atoms with van der Waals surface area (Å²) in [5, 5.41) is 5.58. The maximum absolute atomic E-state index is 11.7. The summed E-state index contributed by atoms with van der Waals surface area (Å²) in [6.45, 7) is 3.55. The minimum atomic E-state index is -0.621. The molecule has 4 N–H and O–H groups in total. The zero-order valence-electron chi connectivity index (χ0n) is 11.2. The fraction of sp³-hybridized carbons (Fsp3) is 0.385. The number of hydrogen-bond donors (Lipinski definition) is 3. The highest BCUT2D eigenvalue weighted by atomic mass is 127. The molecule has 110 valence electrons. The normalized spacial score (nSPS) is 12.1. The van der Waals surface area contributed by atoms with E-state index in [1.807, 2.05) is 19.9 Å². The van der Waals surface area contributed by atoms with Crippen LogP contribution >= 0.6 is 34.2 Å². The maximum atomic E-state index is 11.7. The Kier molecular flexibility index (Phi) is 6.70. The monoisotopic (exact) mass is 409 g/mol. The molecule has 1 rings (SSSR count). The first-order valence-corrected chi connectivity index (χ1v) is 7.55. The van der Waals surface area contributed by atoms with Gasteiger partial charge in [-0.15, -0.1) is 0 Å². The van der Waals surface area contributed by atoms with E-state index in [1.54, 1.807) is 12.1 Å². The Morgan fingerprint density at radius 3 is 2.60 bits per heavy atom. The van der Waals surface area contributed by atoms with E-state index in [1.165, 1.54) is 0 Å². The first kappa shape index (κ1) is 17.2. The first-order chi connectivity index (χ1) is 9.31. The highest BCUT2D eigenvalue weighted by molar-refractivity contribution is 14.1. The predicted octanol–water partition coefficient (Wildman–Crippen LogP) is 1.98. The quantitative estimate of drug-likeness (QED) is 0.650. The number of amides is 2. The molecule has 0 unspecified atom stereocenters. The molecule has 2 amide bonds. The third kappa shape index (κ3) is 5.26. The second kappa shape index (κ2) is 7.80. The van der Waals surface area contributed by atoms with Crippen molar-refractivity contribution < 1.29 is 9.59 Å². The molecule has 0 aliphatic heterocycles. The van der Waals surface area contributed by atoms with Gasteiger partial charge in [-0.2, -0.15) is 0 Å². The van der Waals surface area contributed by atoms with Crippen LogP contribution in [0.1, 0.15) is 13.8 Å². The van der Waals surface area contributed by atoms with Crippen LogP contribution in [0.2, 0.25) is 5.02 Å². The second-order valence-electron chi connectivity index (χ2n) is 4.66. The molecule has 7 heteroatoms. The summed E-state index contributed by atoms with van der Waals surface area (Å²) in [6.07, 6.45) is 0. The molecule has 20 heavy (non-hydrogen) atoms. The Bertz CT molecular complexity index is 508. The van der Waals surface area contributed by atoms with Gasteiger partial charge in [-0.1, -0.05) is 25.4 Å². The van der Waals surface area contributed by atoms with Gasteiger partial charge in [0.15, 0.2) is 0 Å². The van der Waals surface area contributed by atoms with E-state index in [-0.39, 0.29) is 24.3 Å². The Morgan fingerprint density at radius 2 is 2.05 bits per heavy atom. The number of rotatable bonds is 5. The van der Waals surface area contributed by atoms with Crippen molar-refractivity contribution in [2.75, 3.05) is 11.9 Å². The van der Waals surface area contributed by atoms with Crippen molar-refractivity contribution in [3.63, 3.8) is 0 Å². The van der Waals surface area contributed by atoms with E-state index in [0.717, 1.165) is 3.57 Å². The van der Waals surface area contributed by atoms with E-state index in [2.05, 4.69) is 33.2 Å². The summed E-state index contributed by atoms with van der Waals surface area (Å²) in [7, 11) is 0. The molecule has 1 aromatic carbocycles. The fourth-order valence-corrected chi connectivity index (χ4v) is 2.28. The number of carbonyl (C=O) groups excluding carboxylic acids is 2. The number of hydrogen-bond acceptors (Lipinski definition) is 3. The van der Waals surface area contributed by atoms with Crippen LogP contribution in [0, 0.1) is 9.49 Å². The largest absolute Gasteiger partial charge is 0.346 e. The Balaban J connectivity index is 2.50. The predicted molar refractivity (Wildman–Crippen MR) is 88.6 cm³/mol. The standard InChI is InChI=1S/C13H17ClIN3O2/c1-7(2)12(16)13(20)17-6-11(19)18-10-4-3-8(15)5-9(10)14/h3-5,7,12H,6,16H2,1-2H3,(H,17,20)(H,18,19)/t12-/m0/s1. The summed E-state index contributed by atoms with van der Waals surface area (Å²) in [5.74, 6) is -0.676. The molecule has 0 saturated heterocycles. The van der Waals surface area contributed by atoms with E-state index in [0.29, 0.717) is 10.7 Å². The Hall–Kier alpha value is -0.860. The van der Waals surface area contributed by atoms with Gasteiger partial charge in [0.1, 0.15) is 0 Å². The van der Waals surface area contributed by atoms with Gasteiger partial charge >= 0.3 is 0 Å². The van der Waals surface area contributed by atoms with Crippen molar-refractivity contribution in [1.82, 2.24) is 5.32 Å². The summed E-state index contributed by atoms with van der Waals surface area (Å²) in [6, 6.07) is 4.66. The lowest BCUT2D eigenvalue weighted by Gasteiger charge is -2.15. The smallest absolute Gasteiger partial charge is 0.243 e. The highest BCUT2D eigenvalue weighted by Gasteiger charge is 2.17. The molecule has 0 saturated carbocycles. The molecule has 0 aliphatic rings. The van der Waals surface area contributed by atoms with Gasteiger partial charge in [0.25, 0.3) is 0 Å². The van der Waals surface area contributed by atoms with Crippen LogP contribution in [-0.4, -0.2) is 24.4 Å². The van der Waals surface area contributed by atoms with Crippen molar-refractivity contribution in [1.29, 1.82) is 0 Å². The van der Waals surface area contributed by atoms with Gasteiger partial charge < -0.3 is 16.4 Å². The maximum Gasteiger partial charge on any atom is 0.243 e. The lowest BCUT2D eigenvalue weighted by Crippen LogP contribution is -2.46. The number of anilines is 1. The summed E-state index contributed by atoms with van der Waals surface area (Å²) >= 11 is 8.13. The van der Waals surface area contributed by atoms with Gasteiger partial charge in [-0.25, -0.2) is 0 Å². The van der Waals surface area contributed by atoms with Gasteiger partial charge in [-0.05, 0) is 46.7 Å². The third-order valence-corrected chi connectivity index (χ3v) is 3.63. The zero-order valence-corrected chi connectivity index (χ0v) is 14.2. The van der Waals surface area contributed by atoms with Crippen LogP contribution < -0.4 is 16.4 Å². The molecule has 0 aliphatic carbocycles.